The third-order valence-electron chi connectivity index (χ3n) is 3.40. The van der Waals surface area contributed by atoms with Crippen LogP contribution < -0.4 is 14.4 Å². The van der Waals surface area contributed by atoms with E-state index >= 15 is 0 Å². The van der Waals surface area contributed by atoms with Gasteiger partial charge >= 0.3 is 0 Å². The van der Waals surface area contributed by atoms with Crippen molar-refractivity contribution in [3.8, 4) is 11.8 Å². The van der Waals surface area contributed by atoms with E-state index in [4.69, 9.17) is 21.1 Å². The smallest absolute Gasteiger partial charge is 0.231 e. The number of hydrogen-bond acceptors (Lipinski definition) is 5. The predicted molar refractivity (Wildman–Crippen MR) is 75.4 cm³/mol. The maximum Gasteiger partial charge on any atom is 0.231 e. The lowest BCUT2D eigenvalue weighted by atomic mass is 9.96. The highest BCUT2D eigenvalue weighted by atomic mass is 35.5. The topological polar surface area (TPSA) is 47.5 Å². The molecule has 0 spiro atoms. The Morgan fingerprint density at radius 1 is 1.32 bits per heavy atom. The van der Waals surface area contributed by atoms with Gasteiger partial charge in [0.1, 0.15) is 0 Å². The third kappa shape index (κ3) is 3.62. The van der Waals surface area contributed by atoms with Crippen molar-refractivity contribution in [1.29, 1.82) is 0 Å². The first kappa shape index (κ1) is 14.2. The van der Waals surface area contributed by atoms with Gasteiger partial charge in [-0.05, 0) is 25.2 Å². The number of alkyl halides is 1. The van der Waals surface area contributed by atoms with Crippen molar-refractivity contribution in [1.82, 2.24) is 9.97 Å². The Bertz CT molecular complexity index is 393. The fourth-order valence-corrected chi connectivity index (χ4v) is 2.69. The molecule has 1 aromatic heterocycles. The average Bonchev–Trinajstić information content (AvgIpc) is 2.47. The summed E-state index contributed by atoms with van der Waals surface area (Å²) in [5.41, 5.74) is 0. The average molecular weight is 286 g/mol. The molecule has 0 N–H and O–H groups in total. The number of hydrogen-bond donors (Lipinski definition) is 0. The lowest BCUT2D eigenvalue weighted by Gasteiger charge is -2.32. The molecule has 0 saturated carbocycles. The molecule has 0 radical (unpaired) electrons. The number of piperidine rings is 1. The summed E-state index contributed by atoms with van der Waals surface area (Å²) in [6.45, 7) is 1.91. The van der Waals surface area contributed by atoms with Crippen LogP contribution in [0.5, 0.6) is 11.8 Å². The molecule has 1 aliphatic heterocycles. The van der Waals surface area contributed by atoms with E-state index in [1.165, 1.54) is 6.42 Å². The number of ether oxygens (including phenoxy) is 2. The Morgan fingerprint density at radius 2 is 2.00 bits per heavy atom. The molecule has 19 heavy (non-hydrogen) atoms. The van der Waals surface area contributed by atoms with Crippen LogP contribution in [0.4, 0.5) is 5.95 Å². The molecule has 0 amide bonds. The van der Waals surface area contributed by atoms with E-state index in [1.807, 2.05) is 0 Å². The van der Waals surface area contributed by atoms with Crippen molar-refractivity contribution < 1.29 is 9.47 Å². The van der Waals surface area contributed by atoms with Crippen LogP contribution in [0.15, 0.2) is 6.07 Å². The van der Waals surface area contributed by atoms with Gasteiger partial charge in [-0.2, -0.15) is 9.97 Å². The molecule has 6 heteroatoms. The van der Waals surface area contributed by atoms with Crippen LogP contribution in [0.1, 0.15) is 19.3 Å². The fourth-order valence-electron chi connectivity index (χ4n) is 2.38. The fraction of sp³-hybridized carbons (Fsp3) is 0.692. The number of nitrogens with zero attached hydrogens (tertiary/aromatic N) is 3. The molecule has 1 unspecified atom stereocenters. The minimum absolute atomic E-state index is 0.529. The molecule has 1 fully saturated rings. The number of rotatable bonds is 5. The second-order valence-corrected chi connectivity index (χ2v) is 5.06. The SMILES string of the molecule is COc1cc(OC)nc(N2CCCC(CCCl)C2)n1. The van der Waals surface area contributed by atoms with Crippen molar-refractivity contribution in [3.05, 3.63) is 6.07 Å². The highest BCUT2D eigenvalue weighted by molar-refractivity contribution is 6.17. The third-order valence-corrected chi connectivity index (χ3v) is 3.62. The van der Waals surface area contributed by atoms with Crippen LogP contribution in [0, 0.1) is 5.92 Å². The first-order valence-electron chi connectivity index (χ1n) is 6.54. The van der Waals surface area contributed by atoms with Gasteiger partial charge in [0.25, 0.3) is 0 Å². The molecule has 2 heterocycles. The number of aromatic nitrogens is 2. The molecular weight excluding hydrogens is 266 g/mol. The van der Waals surface area contributed by atoms with Gasteiger partial charge in [0.05, 0.1) is 20.3 Å². The molecule has 0 bridgehead atoms. The molecule has 0 aromatic carbocycles. The summed E-state index contributed by atoms with van der Waals surface area (Å²) in [6, 6.07) is 1.68. The summed E-state index contributed by atoms with van der Waals surface area (Å²) >= 11 is 5.83. The van der Waals surface area contributed by atoms with E-state index in [2.05, 4.69) is 14.9 Å². The largest absolute Gasteiger partial charge is 0.481 e. The molecule has 106 valence electrons. The Balaban J connectivity index is 2.15. The molecule has 1 aliphatic rings. The van der Waals surface area contributed by atoms with E-state index in [0.29, 0.717) is 29.5 Å². The minimum atomic E-state index is 0.529. The number of halogens is 1. The zero-order chi connectivity index (χ0) is 13.7. The summed E-state index contributed by atoms with van der Waals surface area (Å²) in [6.07, 6.45) is 3.41. The van der Waals surface area contributed by atoms with E-state index in [9.17, 15) is 0 Å². The van der Waals surface area contributed by atoms with Gasteiger partial charge in [-0.3, -0.25) is 0 Å². The number of methoxy groups -OCH3 is 2. The second-order valence-electron chi connectivity index (χ2n) is 4.68. The second kappa shape index (κ2) is 6.80. The monoisotopic (exact) mass is 285 g/mol. The van der Waals surface area contributed by atoms with E-state index in [1.54, 1.807) is 20.3 Å². The molecule has 5 nitrogen and oxygen atoms in total. The molecule has 1 aromatic rings. The zero-order valence-electron chi connectivity index (χ0n) is 11.4. The highest BCUT2D eigenvalue weighted by Gasteiger charge is 2.22. The summed E-state index contributed by atoms with van der Waals surface area (Å²) < 4.78 is 10.4. The van der Waals surface area contributed by atoms with Crippen LogP contribution in [0.3, 0.4) is 0 Å². The van der Waals surface area contributed by atoms with Crippen molar-refractivity contribution in [3.63, 3.8) is 0 Å². The van der Waals surface area contributed by atoms with Crippen molar-refractivity contribution in [2.24, 2.45) is 5.92 Å². The van der Waals surface area contributed by atoms with Crippen molar-refractivity contribution in [2.45, 2.75) is 19.3 Å². The van der Waals surface area contributed by atoms with Crippen LogP contribution in [-0.2, 0) is 0 Å². The Labute approximate surface area is 118 Å². The summed E-state index contributed by atoms with van der Waals surface area (Å²) in [4.78, 5) is 11.0. The normalized spacial score (nSPS) is 19.3. The predicted octanol–water partition coefficient (Wildman–Crippen LogP) is 2.34. The van der Waals surface area contributed by atoms with Gasteiger partial charge < -0.3 is 14.4 Å². The van der Waals surface area contributed by atoms with E-state index in [-0.39, 0.29) is 0 Å². The van der Waals surface area contributed by atoms with Crippen molar-refractivity contribution >= 4 is 17.5 Å². The first-order valence-corrected chi connectivity index (χ1v) is 7.08. The quantitative estimate of drug-likeness (QED) is 0.777. The lowest BCUT2D eigenvalue weighted by Crippen LogP contribution is -2.36. The number of anilines is 1. The Morgan fingerprint density at radius 3 is 2.58 bits per heavy atom. The highest BCUT2D eigenvalue weighted by Crippen LogP contribution is 2.26. The maximum atomic E-state index is 5.83. The molecule has 1 saturated heterocycles. The first-order chi connectivity index (χ1) is 9.26. The lowest BCUT2D eigenvalue weighted by molar-refractivity contribution is 0.365. The van der Waals surface area contributed by atoms with Crippen molar-refractivity contribution in [2.75, 3.05) is 38.1 Å². The van der Waals surface area contributed by atoms with Crippen LogP contribution in [-0.4, -0.2) is 43.2 Å². The van der Waals surface area contributed by atoms with Gasteiger partial charge in [0.15, 0.2) is 0 Å². The summed E-state index contributed by atoms with van der Waals surface area (Å²) in [5, 5.41) is 0. The zero-order valence-corrected chi connectivity index (χ0v) is 12.2. The van der Waals surface area contributed by atoms with Gasteiger partial charge in [-0.1, -0.05) is 0 Å². The van der Waals surface area contributed by atoms with E-state index in [0.717, 1.165) is 25.9 Å². The summed E-state index contributed by atoms with van der Waals surface area (Å²) in [5.74, 6) is 3.06. The summed E-state index contributed by atoms with van der Waals surface area (Å²) in [7, 11) is 3.19. The van der Waals surface area contributed by atoms with Gasteiger partial charge in [-0.25, -0.2) is 0 Å². The molecule has 0 aliphatic carbocycles. The molecule has 2 rings (SSSR count). The van der Waals surface area contributed by atoms with Gasteiger partial charge in [-0.15, -0.1) is 11.6 Å². The Hall–Kier alpha value is -1.23. The van der Waals surface area contributed by atoms with Crippen LogP contribution in [0.2, 0.25) is 0 Å². The maximum absolute atomic E-state index is 5.83. The standard InChI is InChI=1S/C13H20ClN3O2/c1-18-11-8-12(19-2)16-13(15-11)17-7-3-4-10(9-17)5-6-14/h8,10H,3-7,9H2,1-2H3. The van der Waals surface area contributed by atoms with E-state index < -0.39 is 0 Å². The van der Waals surface area contributed by atoms with Crippen LogP contribution >= 0.6 is 11.6 Å². The van der Waals surface area contributed by atoms with Gasteiger partial charge in [0.2, 0.25) is 17.7 Å². The van der Waals surface area contributed by atoms with Gasteiger partial charge in [0, 0.05) is 19.0 Å². The minimum Gasteiger partial charge on any atom is -0.481 e. The molecule has 1 atom stereocenters. The van der Waals surface area contributed by atoms with Crippen LogP contribution in [0.25, 0.3) is 0 Å². The molecular formula is C13H20ClN3O2. The Kier molecular flexibility index (Phi) is 5.07.